The molecule has 0 bridgehead atoms. The Morgan fingerprint density at radius 3 is 2.33 bits per heavy atom. The van der Waals surface area contributed by atoms with Gasteiger partial charge in [-0.2, -0.15) is 0 Å². The third-order valence-corrected chi connectivity index (χ3v) is 4.02. The van der Waals surface area contributed by atoms with Crippen LogP contribution in [0.1, 0.15) is 26.3 Å². The Hall–Kier alpha value is -1.06. The van der Waals surface area contributed by atoms with Crippen molar-refractivity contribution in [1.29, 1.82) is 0 Å². The van der Waals surface area contributed by atoms with Crippen molar-refractivity contribution in [1.82, 2.24) is 10.2 Å². The van der Waals surface area contributed by atoms with E-state index in [9.17, 15) is 4.79 Å². The maximum Gasteiger partial charge on any atom is 0.226 e. The van der Waals surface area contributed by atoms with Crippen LogP contribution >= 0.6 is 12.4 Å². The molecule has 1 aliphatic heterocycles. The lowest BCUT2D eigenvalue weighted by Gasteiger charge is -2.35. The molecule has 0 radical (unpaired) electrons. The van der Waals surface area contributed by atoms with Gasteiger partial charge in [0.05, 0.1) is 0 Å². The first-order chi connectivity index (χ1) is 9.58. The maximum atomic E-state index is 12.7. The maximum absolute atomic E-state index is 12.7. The monoisotopic (exact) mass is 310 g/mol. The van der Waals surface area contributed by atoms with Crippen molar-refractivity contribution >= 4 is 18.3 Å². The van der Waals surface area contributed by atoms with Gasteiger partial charge in [-0.05, 0) is 30.5 Å². The lowest BCUT2D eigenvalue weighted by Crippen LogP contribution is -2.50. The molecule has 1 N–H and O–H groups in total. The van der Waals surface area contributed by atoms with Crippen LogP contribution in [0.15, 0.2) is 30.3 Å². The van der Waals surface area contributed by atoms with E-state index >= 15 is 0 Å². The van der Waals surface area contributed by atoms with Gasteiger partial charge in [-0.3, -0.25) is 4.79 Å². The molecule has 118 valence electrons. The number of amides is 1. The summed E-state index contributed by atoms with van der Waals surface area (Å²) in [5.41, 5.74) is 1.21. The van der Waals surface area contributed by atoms with E-state index in [1.54, 1.807) is 0 Å². The molecule has 2 rings (SSSR count). The number of carbonyl (C=O) groups is 1. The fourth-order valence-electron chi connectivity index (χ4n) is 2.63. The highest BCUT2D eigenvalue weighted by atomic mass is 35.5. The lowest BCUT2D eigenvalue weighted by atomic mass is 9.87. The van der Waals surface area contributed by atoms with Crippen LogP contribution in [0, 0.1) is 17.8 Å². The standard InChI is InChI=1S/C17H26N2O.ClH/c1-13(2)11-19(12-15-7-5-4-6-8-15)17(20)14(3)16-9-18-10-16;/h4-8,13-14,16,18H,9-12H2,1-3H3;1H. The van der Waals surface area contributed by atoms with Gasteiger partial charge in [-0.25, -0.2) is 0 Å². The Kier molecular flexibility index (Phi) is 7.20. The van der Waals surface area contributed by atoms with E-state index in [1.807, 2.05) is 23.1 Å². The Morgan fingerprint density at radius 1 is 1.24 bits per heavy atom. The molecule has 3 nitrogen and oxygen atoms in total. The summed E-state index contributed by atoms with van der Waals surface area (Å²) in [6, 6.07) is 10.3. The highest BCUT2D eigenvalue weighted by Crippen LogP contribution is 2.20. The molecule has 0 aromatic heterocycles. The Balaban J connectivity index is 0.00000220. The Morgan fingerprint density at radius 2 is 1.86 bits per heavy atom. The second kappa shape index (κ2) is 8.40. The lowest BCUT2D eigenvalue weighted by molar-refractivity contribution is -0.138. The fourth-order valence-corrected chi connectivity index (χ4v) is 2.63. The number of nitrogens with zero attached hydrogens (tertiary/aromatic N) is 1. The van der Waals surface area contributed by atoms with Crippen LogP contribution in [0.5, 0.6) is 0 Å². The zero-order chi connectivity index (χ0) is 14.5. The minimum absolute atomic E-state index is 0. The average molecular weight is 311 g/mol. The van der Waals surface area contributed by atoms with Crippen molar-refractivity contribution in [2.45, 2.75) is 27.3 Å². The van der Waals surface area contributed by atoms with Gasteiger partial charge in [0.25, 0.3) is 0 Å². The molecule has 1 aliphatic rings. The number of hydrogen-bond acceptors (Lipinski definition) is 2. The van der Waals surface area contributed by atoms with E-state index in [-0.39, 0.29) is 18.3 Å². The van der Waals surface area contributed by atoms with Crippen molar-refractivity contribution in [3.05, 3.63) is 35.9 Å². The molecule has 1 aromatic carbocycles. The van der Waals surface area contributed by atoms with Gasteiger partial charge in [-0.15, -0.1) is 12.4 Å². The summed E-state index contributed by atoms with van der Waals surface area (Å²) < 4.78 is 0. The number of halogens is 1. The fraction of sp³-hybridized carbons (Fsp3) is 0.588. The Labute approximate surface area is 134 Å². The SMILES string of the molecule is CC(C)CN(Cc1ccccc1)C(=O)C(C)C1CNC1.Cl. The van der Waals surface area contributed by atoms with E-state index < -0.39 is 0 Å². The number of carbonyl (C=O) groups excluding carboxylic acids is 1. The van der Waals surface area contributed by atoms with Crippen molar-refractivity contribution in [3.8, 4) is 0 Å². The van der Waals surface area contributed by atoms with Crippen LogP contribution in [-0.4, -0.2) is 30.4 Å². The summed E-state index contributed by atoms with van der Waals surface area (Å²) in [6.45, 7) is 9.93. The first kappa shape index (κ1) is 18.0. The van der Waals surface area contributed by atoms with Gasteiger partial charge in [-0.1, -0.05) is 51.1 Å². The molecule has 1 fully saturated rings. The molecule has 1 saturated heterocycles. The van der Waals surface area contributed by atoms with E-state index in [2.05, 4.69) is 38.2 Å². The third-order valence-electron chi connectivity index (χ3n) is 4.02. The molecule has 0 aliphatic carbocycles. The van der Waals surface area contributed by atoms with Crippen LogP contribution in [0.4, 0.5) is 0 Å². The highest BCUT2D eigenvalue weighted by Gasteiger charge is 2.31. The average Bonchev–Trinajstić information content (AvgIpc) is 2.35. The van der Waals surface area contributed by atoms with Gasteiger partial charge in [0, 0.05) is 19.0 Å². The summed E-state index contributed by atoms with van der Waals surface area (Å²) in [4.78, 5) is 14.7. The number of nitrogens with one attached hydrogen (secondary N) is 1. The third kappa shape index (κ3) is 5.01. The van der Waals surface area contributed by atoms with Gasteiger partial charge >= 0.3 is 0 Å². The van der Waals surface area contributed by atoms with Gasteiger partial charge < -0.3 is 10.2 Å². The van der Waals surface area contributed by atoms with Crippen LogP contribution in [0.3, 0.4) is 0 Å². The summed E-state index contributed by atoms with van der Waals surface area (Å²) in [5.74, 6) is 1.43. The van der Waals surface area contributed by atoms with Gasteiger partial charge in [0.2, 0.25) is 5.91 Å². The predicted octanol–water partition coefficient (Wildman–Crippen LogP) is 2.95. The van der Waals surface area contributed by atoms with E-state index in [0.29, 0.717) is 17.7 Å². The van der Waals surface area contributed by atoms with Gasteiger partial charge in [0.1, 0.15) is 0 Å². The number of benzene rings is 1. The van der Waals surface area contributed by atoms with Crippen LogP contribution in [0.2, 0.25) is 0 Å². The molecule has 21 heavy (non-hydrogen) atoms. The minimum atomic E-state index is 0. The van der Waals surface area contributed by atoms with E-state index in [0.717, 1.165) is 26.2 Å². The van der Waals surface area contributed by atoms with Gasteiger partial charge in [0.15, 0.2) is 0 Å². The first-order valence-corrected chi connectivity index (χ1v) is 7.61. The van der Waals surface area contributed by atoms with E-state index in [4.69, 9.17) is 0 Å². The second-order valence-corrected chi connectivity index (χ2v) is 6.31. The van der Waals surface area contributed by atoms with E-state index in [1.165, 1.54) is 5.56 Å². The zero-order valence-electron chi connectivity index (χ0n) is 13.2. The summed E-state index contributed by atoms with van der Waals surface area (Å²) >= 11 is 0. The summed E-state index contributed by atoms with van der Waals surface area (Å²) in [7, 11) is 0. The molecule has 1 atom stereocenters. The van der Waals surface area contributed by atoms with Crippen LogP contribution in [0.25, 0.3) is 0 Å². The van der Waals surface area contributed by atoms with Crippen molar-refractivity contribution in [2.24, 2.45) is 17.8 Å². The molecule has 1 aromatic rings. The Bertz CT molecular complexity index is 432. The topological polar surface area (TPSA) is 32.3 Å². The molecule has 1 heterocycles. The highest BCUT2D eigenvalue weighted by molar-refractivity contribution is 5.85. The first-order valence-electron chi connectivity index (χ1n) is 7.61. The second-order valence-electron chi connectivity index (χ2n) is 6.31. The van der Waals surface area contributed by atoms with Crippen molar-refractivity contribution in [3.63, 3.8) is 0 Å². The largest absolute Gasteiger partial charge is 0.338 e. The normalized spacial score (nSPS) is 16.0. The number of hydrogen-bond donors (Lipinski definition) is 1. The predicted molar refractivity (Wildman–Crippen MR) is 89.5 cm³/mol. The summed E-state index contributed by atoms with van der Waals surface area (Å²) in [5, 5.41) is 3.26. The van der Waals surface area contributed by atoms with Crippen molar-refractivity contribution in [2.75, 3.05) is 19.6 Å². The molecule has 1 amide bonds. The molecular formula is C17H27ClN2O. The van der Waals surface area contributed by atoms with Crippen LogP contribution < -0.4 is 5.32 Å². The number of rotatable bonds is 6. The smallest absolute Gasteiger partial charge is 0.226 e. The molecule has 0 saturated carbocycles. The molecule has 1 unspecified atom stereocenters. The zero-order valence-corrected chi connectivity index (χ0v) is 14.0. The molecule has 4 heteroatoms. The minimum Gasteiger partial charge on any atom is -0.338 e. The summed E-state index contributed by atoms with van der Waals surface area (Å²) in [6.07, 6.45) is 0. The van der Waals surface area contributed by atoms with Crippen molar-refractivity contribution < 1.29 is 4.79 Å². The quantitative estimate of drug-likeness (QED) is 0.876. The molecule has 0 spiro atoms. The molecular weight excluding hydrogens is 284 g/mol. The van der Waals surface area contributed by atoms with Crippen LogP contribution in [-0.2, 0) is 11.3 Å².